The molecule has 1 heterocycles. The first-order chi connectivity index (χ1) is 8.70. The van der Waals surface area contributed by atoms with E-state index in [1.54, 1.807) is 11.3 Å². The second kappa shape index (κ2) is 6.66. The highest BCUT2D eigenvalue weighted by Crippen LogP contribution is 2.29. The molecule has 0 saturated carbocycles. The first kappa shape index (κ1) is 14.0. The van der Waals surface area contributed by atoms with Crippen LogP contribution in [0.4, 0.5) is 0 Å². The molecule has 0 bridgehead atoms. The fraction of sp³-hybridized carbons (Fsp3) is 0.308. The van der Waals surface area contributed by atoms with Crippen molar-refractivity contribution in [2.75, 3.05) is 6.54 Å². The second-order valence-electron chi connectivity index (χ2n) is 3.91. The minimum atomic E-state index is 0.200. The maximum atomic E-state index is 6.29. The van der Waals surface area contributed by atoms with Crippen molar-refractivity contribution in [1.29, 1.82) is 0 Å². The van der Waals surface area contributed by atoms with Gasteiger partial charge in [-0.25, -0.2) is 4.98 Å². The Balaban J connectivity index is 2.26. The summed E-state index contributed by atoms with van der Waals surface area (Å²) < 4.78 is 1.05. The van der Waals surface area contributed by atoms with Crippen LogP contribution in [0.3, 0.4) is 0 Å². The molecule has 2 rings (SSSR count). The molecule has 0 aliphatic carbocycles. The zero-order valence-corrected chi connectivity index (χ0v) is 13.1. The molecular formula is C13H14BrClN2S. The zero-order chi connectivity index (χ0) is 13.0. The van der Waals surface area contributed by atoms with Gasteiger partial charge >= 0.3 is 0 Å². The van der Waals surface area contributed by atoms with Gasteiger partial charge in [-0.1, -0.05) is 34.5 Å². The van der Waals surface area contributed by atoms with E-state index in [4.69, 9.17) is 11.6 Å². The molecule has 0 saturated heterocycles. The first-order valence-electron chi connectivity index (χ1n) is 5.77. The maximum absolute atomic E-state index is 6.29. The molecule has 5 heteroatoms. The Kier molecular flexibility index (Phi) is 5.18. The van der Waals surface area contributed by atoms with E-state index in [1.807, 2.05) is 23.7 Å². The predicted octanol–water partition coefficient (Wildman–Crippen LogP) is 4.45. The minimum absolute atomic E-state index is 0.200. The molecule has 1 unspecified atom stereocenters. The normalized spacial score (nSPS) is 12.6. The molecule has 2 nitrogen and oxygen atoms in total. The van der Waals surface area contributed by atoms with Crippen LogP contribution in [0.15, 0.2) is 34.2 Å². The number of hydrogen-bond donors (Lipinski definition) is 1. The summed E-state index contributed by atoms with van der Waals surface area (Å²) in [5.74, 6) is 0. The third-order valence-electron chi connectivity index (χ3n) is 2.65. The van der Waals surface area contributed by atoms with Crippen molar-refractivity contribution in [3.05, 3.63) is 49.8 Å². The number of benzene rings is 1. The molecule has 1 aromatic carbocycles. The SMILES string of the molecule is CCNC(Cc1nccs1)c1cc(Br)ccc1Cl. The summed E-state index contributed by atoms with van der Waals surface area (Å²) in [5, 5.41) is 7.38. The van der Waals surface area contributed by atoms with Crippen LogP contribution in [-0.4, -0.2) is 11.5 Å². The Bertz CT molecular complexity index is 502. The van der Waals surface area contributed by atoms with Gasteiger partial charge in [0.25, 0.3) is 0 Å². The largest absolute Gasteiger partial charge is 0.310 e. The summed E-state index contributed by atoms with van der Waals surface area (Å²) in [6.07, 6.45) is 2.70. The average Bonchev–Trinajstić information content (AvgIpc) is 2.85. The van der Waals surface area contributed by atoms with E-state index in [2.05, 4.69) is 39.2 Å². The summed E-state index contributed by atoms with van der Waals surface area (Å²) in [5.41, 5.74) is 1.11. The number of hydrogen-bond acceptors (Lipinski definition) is 3. The van der Waals surface area contributed by atoms with Gasteiger partial charge in [-0.3, -0.25) is 0 Å². The van der Waals surface area contributed by atoms with E-state index in [0.29, 0.717) is 0 Å². The molecule has 96 valence electrons. The van der Waals surface area contributed by atoms with Gasteiger partial charge in [0.2, 0.25) is 0 Å². The average molecular weight is 346 g/mol. The molecule has 0 aliphatic heterocycles. The number of aromatic nitrogens is 1. The molecule has 2 aromatic rings. The van der Waals surface area contributed by atoms with Crippen molar-refractivity contribution >= 4 is 38.9 Å². The van der Waals surface area contributed by atoms with Crippen molar-refractivity contribution < 1.29 is 0 Å². The third kappa shape index (κ3) is 3.54. The summed E-state index contributed by atoms with van der Waals surface area (Å²) >= 11 is 11.5. The number of thiazole rings is 1. The molecule has 0 radical (unpaired) electrons. The van der Waals surface area contributed by atoms with Crippen LogP contribution >= 0.6 is 38.9 Å². The molecule has 0 spiro atoms. The molecule has 0 amide bonds. The molecule has 18 heavy (non-hydrogen) atoms. The van der Waals surface area contributed by atoms with Crippen LogP contribution in [0.25, 0.3) is 0 Å². The standard InChI is InChI=1S/C13H14BrClN2S/c1-2-16-12(8-13-17-5-6-18-13)10-7-9(14)3-4-11(10)15/h3-7,12,16H,2,8H2,1H3. The topological polar surface area (TPSA) is 24.9 Å². The summed E-state index contributed by atoms with van der Waals surface area (Å²) in [7, 11) is 0. The number of likely N-dealkylation sites (N-methyl/N-ethyl adjacent to an activating group) is 1. The van der Waals surface area contributed by atoms with Crippen LogP contribution in [0.1, 0.15) is 23.5 Å². The fourth-order valence-corrected chi connectivity index (χ4v) is 3.14. The number of nitrogens with zero attached hydrogens (tertiary/aromatic N) is 1. The Hall–Kier alpha value is -0.420. The summed E-state index contributed by atoms with van der Waals surface area (Å²) in [4.78, 5) is 4.34. The lowest BCUT2D eigenvalue weighted by Gasteiger charge is -2.18. The Morgan fingerprint density at radius 3 is 3.00 bits per heavy atom. The highest BCUT2D eigenvalue weighted by molar-refractivity contribution is 9.10. The molecular weight excluding hydrogens is 332 g/mol. The second-order valence-corrected chi connectivity index (χ2v) is 6.21. The van der Waals surface area contributed by atoms with E-state index in [0.717, 1.165) is 33.0 Å². The van der Waals surface area contributed by atoms with E-state index in [1.165, 1.54) is 0 Å². The number of halogens is 2. The van der Waals surface area contributed by atoms with Gasteiger partial charge in [0, 0.05) is 33.5 Å². The Labute approximate surface area is 125 Å². The van der Waals surface area contributed by atoms with Crippen LogP contribution in [0.5, 0.6) is 0 Å². The number of rotatable bonds is 5. The maximum Gasteiger partial charge on any atom is 0.0943 e. The van der Waals surface area contributed by atoms with Gasteiger partial charge in [0.05, 0.1) is 5.01 Å². The van der Waals surface area contributed by atoms with Gasteiger partial charge in [-0.15, -0.1) is 11.3 Å². The monoisotopic (exact) mass is 344 g/mol. The van der Waals surface area contributed by atoms with Gasteiger partial charge in [-0.05, 0) is 30.3 Å². The Morgan fingerprint density at radius 1 is 1.50 bits per heavy atom. The lowest BCUT2D eigenvalue weighted by molar-refractivity contribution is 0.548. The van der Waals surface area contributed by atoms with Crippen molar-refractivity contribution in [1.82, 2.24) is 10.3 Å². The highest BCUT2D eigenvalue weighted by Gasteiger charge is 2.16. The molecule has 1 aromatic heterocycles. The quantitative estimate of drug-likeness (QED) is 0.866. The Morgan fingerprint density at radius 2 is 2.33 bits per heavy atom. The van der Waals surface area contributed by atoms with Crippen LogP contribution in [-0.2, 0) is 6.42 Å². The van der Waals surface area contributed by atoms with E-state index < -0.39 is 0 Å². The molecule has 1 N–H and O–H groups in total. The van der Waals surface area contributed by atoms with E-state index in [-0.39, 0.29) is 6.04 Å². The lowest BCUT2D eigenvalue weighted by Crippen LogP contribution is -2.23. The predicted molar refractivity (Wildman–Crippen MR) is 81.4 cm³/mol. The molecule has 0 fully saturated rings. The molecule has 1 atom stereocenters. The first-order valence-corrected chi connectivity index (χ1v) is 7.82. The van der Waals surface area contributed by atoms with Crippen molar-refractivity contribution in [3.8, 4) is 0 Å². The van der Waals surface area contributed by atoms with Crippen molar-refractivity contribution in [2.45, 2.75) is 19.4 Å². The highest BCUT2D eigenvalue weighted by atomic mass is 79.9. The van der Waals surface area contributed by atoms with Gasteiger partial charge in [0.1, 0.15) is 0 Å². The van der Waals surface area contributed by atoms with Crippen LogP contribution in [0.2, 0.25) is 5.02 Å². The minimum Gasteiger partial charge on any atom is -0.310 e. The lowest BCUT2D eigenvalue weighted by atomic mass is 10.0. The van der Waals surface area contributed by atoms with Crippen molar-refractivity contribution in [3.63, 3.8) is 0 Å². The molecule has 0 aliphatic rings. The van der Waals surface area contributed by atoms with Gasteiger partial charge < -0.3 is 5.32 Å². The van der Waals surface area contributed by atoms with Crippen molar-refractivity contribution in [2.24, 2.45) is 0 Å². The van der Waals surface area contributed by atoms with E-state index >= 15 is 0 Å². The number of nitrogens with one attached hydrogen (secondary N) is 1. The summed E-state index contributed by atoms with van der Waals surface area (Å²) in [6.45, 7) is 3.00. The van der Waals surface area contributed by atoms with E-state index in [9.17, 15) is 0 Å². The summed E-state index contributed by atoms with van der Waals surface area (Å²) in [6, 6.07) is 6.15. The van der Waals surface area contributed by atoms with Crippen LogP contribution < -0.4 is 5.32 Å². The smallest absolute Gasteiger partial charge is 0.0943 e. The van der Waals surface area contributed by atoms with Gasteiger partial charge in [0.15, 0.2) is 0 Å². The fourth-order valence-electron chi connectivity index (χ4n) is 1.85. The zero-order valence-electron chi connectivity index (χ0n) is 9.99. The third-order valence-corrected chi connectivity index (χ3v) is 4.29. The van der Waals surface area contributed by atoms with Gasteiger partial charge in [-0.2, -0.15) is 0 Å². The van der Waals surface area contributed by atoms with Crippen LogP contribution in [0, 0.1) is 0 Å².